The van der Waals surface area contributed by atoms with Gasteiger partial charge < -0.3 is 5.11 Å². The number of hydrogen-bond acceptors (Lipinski definition) is 2. The molecule has 1 N–H and O–H groups in total. The Morgan fingerprint density at radius 1 is 1.53 bits per heavy atom. The fourth-order valence-corrected chi connectivity index (χ4v) is 1.23. The summed E-state index contributed by atoms with van der Waals surface area (Å²) < 4.78 is 35.8. The number of carboxylic acid groups (broad SMARTS) is 1. The lowest BCUT2D eigenvalue weighted by Gasteiger charge is -2.06. The average molecular weight is 240 g/mol. The van der Waals surface area contributed by atoms with Gasteiger partial charge in [-0.2, -0.15) is 13.2 Å². The molecule has 0 bridgehead atoms. The molecule has 0 atom stereocenters. The van der Waals surface area contributed by atoms with E-state index in [9.17, 15) is 18.0 Å². The van der Waals surface area contributed by atoms with Crippen LogP contribution in [-0.2, 0) is 6.42 Å². The van der Waals surface area contributed by atoms with E-state index in [4.69, 9.17) is 16.7 Å². The Morgan fingerprint density at radius 2 is 2.13 bits per heavy atom. The topological polar surface area (TPSA) is 50.2 Å². The molecule has 0 fully saturated rings. The third-order valence-electron chi connectivity index (χ3n) is 1.50. The summed E-state index contributed by atoms with van der Waals surface area (Å²) in [7, 11) is 0. The van der Waals surface area contributed by atoms with E-state index in [-0.39, 0.29) is 10.6 Å². The molecular weight excluding hydrogens is 235 g/mol. The second-order valence-corrected chi connectivity index (χ2v) is 3.18. The Kier molecular flexibility index (Phi) is 3.18. The van der Waals surface area contributed by atoms with Gasteiger partial charge in [0.25, 0.3) is 0 Å². The number of rotatable bonds is 2. The minimum atomic E-state index is -4.37. The van der Waals surface area contributed by atoms with Crippen LogP contribution in [0.3, 0.4) is 0 Å². The summed E-state index contributed by atoms with van der Waals surface area (Å²) in [6.45, 7) is 0. The first-order chi connectivity index (χ1) is 6.79. The number of aromatic nitrogens is 1. The number of alkyl halides is 3. The first kappa shape index (κ1) is 11.8. The number of pyridine rings is 1. The van der Waals surface area contributed by atoms with Crippen molar-refractivity contribution in [2.24, 2.45) is 0 Å². The van der Waals surface area contributed by atoms with Crippen molar-refractivity contribution in [1.29, 1.82) is 0 Å². The monoisotopic (exact) mass is 239 g/mol. The molecule has 7 heteroatoms. The normalized spacial score (nSPS) is 11.5. The molecule has 1 heterocycles. The summed E-state index contributed by atoms with van der Waals surface area (Å²) in [6.07, 6.45) is -4.70. The molecule has 0 aliphatic heterocycles. The predicted octanol–water partition coefficient (Wildman–Crippen LogP) is 2.54. The highest BCUT2D eigenvalue weighted by Crippen LogP contribution is 2.23. The third kappa shape index (κ3) is 3.39. The van der Waals surface area contributed by atoms with Crippen molar-refractivity contribution in [2.75, 3.05) is 0 Å². The number of carboxylic acids is 1. The molecular formula is C8H5ClF3NO2. The van der Waals surface area contributed by atoms with E-state index in [0.29, 0.717) is 0 Å². The minimum Gasteiger partial charge on any atom is -0.476 e. The molecule has 0 spiro atoms. The van der Waals surface area contributed by atoms with E-state index >= 15 is 0 Å². The lowest BCUT2D eigenvalue weighted by Crippen LogP contribution is -2.12. The van der Waals surface area contributed by atoms with Crippen molar-refractivity contribution in [1.82, 2.24) is 4.98 Å². The Labute approximate surface area is 87.5 Å². The van der Waals surface area contributed by atoms with Crippen LogP contribution in [0.2, 0.25) is 5.02 Å². The molecule has 1 rings (SSSR count). The van der Waals surface area contributed by atoms with Gasteiger partial charge in [0.05, 0.1) is 11.4 Å². The van der Waals surface area contributed by atoms with Crippen molar-refractivity contribution in [3.63, 3.8) is 0 Å². The van der Waals surface area contributed by atoms with Crippen molar-refractivity contribution in [3.8, 4) is 0 Å². The van der Waals surface area contributed by atoms with Crippen molar-refractivity contribution in [3.05, 3.63) is 28.5 Å². The quantitative estimate of drug-likeness (QED) is 0.863. The van der Waals surface area contributed by atoms with Gasteiger partial charge in [-0.05, 0) is 11.6 Å². The van der Waals surface area contributed by atoms with E-state index in [0.717, 1.165) is 12.3 Å². The first-order valence-corrected chi connectivity index (χ1v) is 4.12. The lowest BCUT2D eigenvalue weighted by atomic mass is 10.2. The summed E-state index contributed by atoms with van der Waals surface area (Å²) in [5, 5.41) is 8.22. The Morgan fingerprint density at radius 3 is 2.53 bits per heavy atom. The average Bonchev–Trinajstić information content (AvgIpc) is 1.99. The highest BCUT2D eigenvalue weighted by atomic mass is 35.5. The smallest absolute Gasteiger partial charge is 0.393 e. The molecule has 3 nitrogen and oxygen atoms in total. The van der Waals surface area contributed by atoms with Gasteiger partial charge in [-0.1, -0.05) is 11.6 Å². The standard InChI is InChI=1S/C8H5ClF3NO2/c9-5-1-4(2-8(10,11)12)3-13-6(5)7(14)15/h1,3H,2H2,(H,14,15). The number of aromatic carboxylic acids is 1. The maximum absolute atomic E-state index is 11.9. The van der Waals surface area contributed by atoms with E-state index in [1.807, 2.05) is 0 Å². The van der Waals surface area contributed by atoms with Crippen LogP contribution < -0.4 is 0 Å². The van der Waals surface area contributed by atoms with E-state index in [2.05, 4.69) is 4.98 Å². The molecule has 82 valence electrons. The van der Waals surface area contributed by atoms with Gasteiger partial charge in [0.1, 0.15) is 0 Å². The van der Waals surface area contributed by atoms with Crippen molar-refractivity contribution >= 4 is 17.6 Å². The molecule has 0 aromatic carbocycles. The fraction of sp³-hybridized carbons (Fsp3) is 0.250. The number of hydrogen-bond donors (Lipinski definition) is 1. The zero-order valence-electron chi connectivity index (χ0n) is 7.18. The van der Waals surface area contributed by atoms with Crippen LogP contribution in [0.25, 0.3) is 0 Å². The Balaban J connectivity index is 2.97. The van der Waals surface area contributed by atoms with Gasteiger partial charge >= 0.3 is 12.1 Å². The van der Waals surface area contributed by atoms with Crippen LogP contribution in [0.5, 0.6) is 0 Å². The molecule has 0 aliphatic carbocycles. The van der Waals surface area contributed by atoms with Gasteiger partial charge in [0.2, 0.25) is 0 Å². The van der Waals surface area contributed by atoms with E-state index < -0.39 is 24.3 Å². The molecule has 0 saturated heterocycles. The first-order valence-electron chi connectivity index (χ1n) is 3.74. The molecule has 0 aliphatic rings. The highest BCUT2D eigenvalue weighted by Gasteiger charge is 2.28. The Hall–Kier alpha value is -1.30. The molecule has 0 radical (unpaired) electrons. The van der Waals surface area contributed by atoms with Crippen molar-refractivity contribution < 1.29 is 23.1 Å². The van der Waals surface area contributed by atoms with Crippen LogP contribution in [-0.4, -0.2) is 22.2 Å². The second-order valence-electron chi connectivity index (χ2n) is 2.77. The molecule has 0 unspecified atom stereocenters. The maximum Gasteiger partial charge on any atom is 0.393 e. The van der Waals surface area contributed by atoms with Crippen LogP contribution in [0, 0.1) is 0 Å². The molecule has 0 amide bonds. The Bertz CT molecular complexity index is 392. The molecule has 15 heavy (non-hydrogen) atoms. The summed E-state index contributed by atoms with van der Waals surface area (Å²) in [5.41, 5.74) is -0.625. The van der Waals surface area contributed by atoms with E-state index in [1.165, 1.54) is 0 Å². The van der Waals surface area contributed by atoms with E-state index in [1.54, 1.807) is 0 Å². The second kappa shape index (κ2) is 4.06. The lowest BCUT2D eigenvalue weighted by molar-refractivity contribution is -0.127. The zero-order valence-corrected chi connectivity index (χ0v) is 7.93. The van der Waals surface area contributed by atoms with Crippen LogP contribution in [0.1, 0.15) is 16.1 Å². The summed E-state index contributed by atoms with van der Waals surface area (Å²) >= 11 is 5.44. The number of halogens is 4. The SMILES string of the molecule is O=C(O)c1ncc(CC(F)(F)F)cc1Cl. The maximum atomic E-state index is 11.9. The molecule has 1 aromatic rings. The third-order valence-corrected chi connectivity index (χ3v) is 1.79. The van der Waals surface area contributed by atoms with Crippen LogP contribution in [0.4, 0.5) is 13.2 Å². The van der Waals surface area contributed by atoms with Gasteiger partial charge in [-0.15, -0.1) is 0 Å². The minimum absolute atomic E-state index is 0.169. The number of nitrogens with zero attached hydrogens (tertiary/aromatic N) is 1. The molecule has 0 saturated carbocycles. The fourth-order valence-electron chi connectivity index (χ4n) is 0.963. The summed E-state index contributed by atoms with van der Waals surface area (Å²) in [4.78, 5) is 13.8. The predicted molar refractivity (Wildman–Crippen MR) is 46.0 cm³/mol. The molecule has 1 aromatic heterocycles. The van der Waals surface area contributed by atoms with Crippen molar-refractivity contribution in [2.45, 2.75) is 12.6 Å². The van der Waals surface area contributed by atoms with Gasteiger partial charge in [0, 0.05) is 6.20 Å². The summed E-state index contributed by atoms with van der Waals surface area (Å²) in [6, 6.07) is 0.950. The number of carbonyl (C=O) groups is 1. The van der Waals surface area contributed by atoms with Gasteiger partial charge in [0.15, 0.2) is 5.69 Å². The highest BCUT2D eigenvalue weighted by molar-refractivity contribution is 6.33. The van der Waals surface area contributed by atoms with Crippen LogP contribution >= 0.6 is 11.6 Å². The van der Waals surface area contributed by atoms with Gasteiger partial charge in [-0.3, -0.25) is 0 Å². The zero-order chi connectivity index (χ0) is 11.6. The summed E-state index contributed by atoms with van der Waals surface area (Å²) in [5.74, 6) is -1.38. The van der Waals surface area contributed by atoms with Gasteiger partial charge in [-0.25, -0.2) is 9.78 Å². The largest absolute Gasteiger partial charge is 0.476 e. The van der Waals surface area contributed by atoms with Crippen LogP contribution in [0.15, 0.2) is 12.3 Å².